The Labute approximate surface area is 134 Å². The largest absolute Gasteiger partial charge is 0.378 e. The summed E-state index contributed by atoms with van der Waals surface area (Å²) >= 11 is 0. The molecule has 0 fully saturated rings. The van der Waals surface area contributed by atoms with Crippen molar-refractivity contribution in [2.24, 2.45) is 0 Å². The van der Waals surface area contributed by atoms with E-state index in [2.05, 4.69) is 10.3 Å². The molecule has 7 heteroatoms. The molecule has 1 aromatic carbocycles. The van der Waals surface area contributed by atoms with Crippen molar-refractivity contribution >= 4 is 17.5 Å². The predicted octanol–water partition coefficient (Wildman–Crippen LogP) is 1.96. The standard InChI is InChI=1S/C16H16N6O/c1-4-22-14(10-18)13(9-17)19-16(22)20-15(23)11-5-7-12(8-6-11)21(2)3/h5-8H,4H2,1-3H3,(H,19,20,23). The number of rotatable bonds is 4. The highest BCUT2D eigenvalue weighted by Gasteiger charge is 2.18. The SMILES string of the molecule is CCn1c(NC(=O)c2ccc(N(C)C)cc2)nc(C#N)c1C#N. The topological polar surface area (TPSA) is 97.7 Å². The van der Waals surface area contributed by atoms with E-state index in [1.165, 1.54) is 4.57 Å². The molecule has 0 atom stereocenters. The molecule has 1 amide bonds. The van der Waals surface area contributed by atoms with Gasteiger partial charge in [0.05, 0.1) is 0 Å². The number of anilines is 2. The molecule has 0 spiro atoms. The summed E-state index contributed by atoms with van der Waals surface area (Å²) in [5.74, 6) is -0.147. The lowest BCUT2D eigenvalue weighted by Crippen LogP contribution is -2.16. The third-order valence-corrected chi connectivity index (χ3v) is 3.37. The van der Waals surface area contributed by atoms with E-state index in [0.29, 0.717) is 12.1 Å². The van der Waals surface area contributed by atoms with Crippen molar-refractivity contribution in [3.8, 4) is 12.1 Å². The Balaban J connectivity index is 2.29. The highest BCUT2D eigenvalue weighted by Crippen LogP contribution is 2.17. The Morgan fingerprint density at radius 1 is 1.26 bits per heavy atom. The van der Waals surface area contributed by atoms with Crippen molar-refractivity contribution in [2.45, 2.75) is 13.5 Å². The monoisotopic (exact) mass is 308 g/mol. The van der Waals surface area contributed by atoms with Crippen LogP contribution >= 0.6 is 0 Å². The Morgan fingerprint density at radius 2 is 1.91 bits per heavy atom. The van der Waals surface area contributed by atoms with Gasteiger partial charge in [0.15, 0.2) is 11.4 Å². The fourth-order valence-corrected chi connectivity index (χ4v) is 2.13. The maximum absolute atomic E-state index is 12.3. The number of carbonyl (C=O) groups is 1. The molecule has 0 aliphatic carbocycles. The minimum absolute atomic E-state index is 0.00704. The highest BCUT2D eigenvalue weighted by molar-refractivity contribution is 6.03. The number of aromatic nitrogens is 2. The van der Waals surface area contributed by atoms with E-state index in [1.807, 2.05) is 50.2 Å². The van der Waals surface area contributed by atoms with Gasteiger partial charge in [0.2, 0.25) is 5.95 Å². The van der Waals surface area contributed by atoms with Crippen molar-refractivity contribution in [3.63, 3.8) is 0 Å². The van der Waals surface area contributed by atoms with Crippen LogP contribution < -0.4 is 10.2 Å². The van der Waals surface area contributed by atoms with Gasteiger partial charge in [-0.2, -0.15) is 10.5 Å². The first kappa shape index (κ1) is 16.1. The summed E-state index contributed by atoms with van der Waals surface area (Å²) < 4.78 is 1.50. The van der Waals surface area contributed by atoms with Crippen LogP contribution in [0, 0.1) is 22.7 Å². The molecule has 23 heavy (non-hydrogen) atoms. The molecular formula is C16H16N6O. The zero-order valence-corrected chi connectivity index (χ0v) is 13.2. The van der Waals surface area contributed by atoms with Crippen molar-refractivity contribution in [1.29, 1.82) is 10.5 Å². The molecule has 1 N–H and O–H groups in total. The second-order valence-corrected chi connectivity index (χ2v) is 5.00. The van der Waals surface area contributed by atoms with Gasteiger partial charge in [0.1, 0.15) is 12.1 Å². The highest BCUT2D eigenvalue weighted by atomic mass is 16.1. The van der Waals surface area contributed by atoms with Crippen LogP contribution in [-0.2, 0) is 6.54 Å². The molecule has 0 saturated carbocycles. The minimum atomic E-state index is -0.344. The molecule has 7 nitrogen and oxygen atoms in total. The van der Waals surface area contributed by atoms with Gasteiger partial charge in [-0.05, 0) is 31.2 Å². The second kappa shape index (κ2) is 6.63. The average molecular weight is 308 g/mol. The lowest BCUT2D eigenvalue weighted by atomic mass is 10.2. The van der Waals surface area contributed by atoms with Gasteiger partial charge >= 0.3 is 0 Å². The molecule has 0 radical (unpaired) electrons. The quantitative estimate of drug-likeness (QED) is 0.931. The molecule has 1 heterocycles. The zero-order chi connectivity index (χ0) is 17.0. The summed E-state index contributed by atoms with van der Waals surface area (Å²) in [6, 6.07) is 10.9. The zero-order valence-electron chi connectivity index (χ0n) is 13.2. The Hall–Kier alpha value is -3.32. The minimum Gasteiger partial charge on any atom is -0.378 e. The van der Waals surface area contributed by atoms with Gasteiger partial charge in [-0.15, -0.1) is 0 Å². The summed E-state index contributed by atoms with van der Waals surface area (Å²) in [5, 5.41) is 20.8. The van der Waals surface area contributed by atoms with Gasteiger partial charge in [-0.3, -0.25) is 10.1 Å². The van der Waals surface area contributed by atoms with Crippen molar-refractivity contribution < 1.29 is 4.79 Å². The number of carbonyl (C=O) groups excluding carboxylic acids is 1. The molecule has 2 rings (SSSR count). The van der Waals surface area contributed by atoms with Crippen molar-refractivity contribution in [1.82, 2.24) is 9.55 Å². The van der Waals surface area contributed by atoms with E-state index in [4.69, 9.17) is 10.5 Å². The van der Waals surface area contributed by atoms with Gasteiger partial charge < -0.3 is 9.47 Å². The Bertz CT molecular complexity index is 805. The Kier molecular flexibility index (Phi) is 4.63. The first-order chi connectivity index (χ1) is 11.0. The average Bonchev–Trinajstić information content (AvgIpc) is 2.91. The number of nitrogens with zero attached hydrogens (tertiary/aromatic N) is 5. The second-order valence-electron chi connectivity index (χ2n) is 5.00. The number of hydrogen-bond donors (Lipinski definition) is 1. The van der Waals surface area contributed by atoms with Gasteiger partial charge in [0.25, 0.3) is 5.91 Å². The summed E-state index contributed by atoms with van der Waals surface area (Å²) in [6.07, 6.45) is 0. The number of amides is 1. The summed E-state index contributed by atoms with van der Waals surface area (Å²) in [6.45, 7) is 2.23. The van der Waals surface area contributed by atoms with E-state index in [0.717, 1.165) is 5.69 Å². The van der Waals surface area contributed by atoms with E-state index in [9.17, 15) is 4.79 Å². The summed E-state index contributed by atoms with van der Waals surface area (Å²) in [4.78, 5) is 18.3. The number of imidazole rings is 1. The van der Waals surface area contributed by atoms with E-state index >= 15 is 0 Å². The van der Waals surface area contributed by atoms with Gasteiger partial charge in [-0.1, -0.05) is 0 Å². The van der Waals surface area contributed by atoms with Crippen LogP contribution in [0.4, 0.5) is 11.6 Å². The molecular weight excluding hydrogens is 292 g/mol. The van der Waals surface area contributed by atoms with Crippen LogP contribution in [0.5, 0.6) is 0 Å². The van der Waals surface area contributed by atoms with Crippen molar-refractivity contribution in [2.75, 3.05) is 24.3 Å². The molecule has 0 unspecified atom stereocenters. The van der Waals surface area contributed by atoms with Gasteiger partial charge in [-0.25, -0.2) is 4.98 Å². The number of nitriles is 2. The number of benzene rings is 1. The van der Waals surface area contributed by atoms with Crippen LogP contribution in [-0.4, -0.2) is 29.6 Å². The maximum atomic E-state index is 12.3. The van der Waals surface area contributed by atoms with E-state index < -0.39 is 0 Å². The number of hydrogen-bond acceptors (Lipinski definition) is 5. The molecule has 2 aromatic rings. The van der Waals surface area contributed by atoms with Crippen LogP contribution in [0.15, 0.2) is 24.3 Å². The summed E-state index contributed by atoms with van der Waals surface area (Å²) in [7, 11) is 3.83. The smallest absolute Gasteiger partial charge is 0.257 e. The van der Waals surface area contributed by atoms with Crippen LogP contribution in [0.3, 0.4) is 0 Å². The first-order valence-electron chi connectivity index (χ1n) is 7.01. The molecule has 0 bridgehead atoms. The van der Waals surface area contributed by atoms with E-state index in [1.54, 1.807) is 12.1 Å². The first-order valence-corrected chi connectivity index (χ1v) is 7.01. The van der Waals surface area contributed by atoms with Crippen LogP contribution in [0.1, 0.15) is 28.7 Å². The molecule has 0 aliphatic heterocycles. The predicted molar refractivity (Wildman–Crippen MR) is 86.1 cm³/mol. The Morgan fingerprint density at radius 3 is 2.39 bits per heavy atom. The third kappa shape index (κ3) is 3.14. The lowest BCUT2D eigenvalue weighted by Gasteiger charge is -2.12. The van der Waals surface area contributed by atoms with Gasteiger partial charge in [0, 0.05) is 31.9 Å². The third-order valence-electron chi connectivity index (χ3n) is 3.37. The normalized spacial score (nSPS) is 9.78. The van der Waals surface area contributed by atoms with Crippen LogP contribution in [0.2, 0.25) is 0 Å². The van der Waals surface area contributed by atoms with E-state index in [-0.39, 0.29) is 23.2 Å². The fraction of sp³-hybridized carbons (Fsp3) is 0.250. The maximum Gasteiger partial charge on any atom is 0.257 e. The molecule has 1 aromatic heterocycles. The molecule has 116 valence electrons. The molecule has 0 saturated heterocycles. The molecule has 0 aliphatic rings. The van der Waals surface area contributed by atoms with Crippen molar-refractivity contribution in [3.05, 3.63) is 41.2 Å². The summed E-state index contributed by atoms with van der Waals surface area (Å²) in [5.41, 5.74) is 1.61. The lowest BCUT2D eigenvalue weighted by molar-refractivity contribution is 0.102. The van der Waals surface area contributed by atoms with Crippen LogP contribution in [0.25, 0.3) is 0 Å². The fourth-order valence-electron chi connectivity index (χ4n) is 2.13. The number of nitrogens with one attached hydrogen (secondary N) is 1.